The van der Waals surface area contributed by atoms with Crippen LogP contribution in [-0.2, 0) is 16.1 Å². The zero-order valence-corrected chi connectivity index (χ0v) is 14.7. The van der Waals surface area contributed by atoms with Gasteiger partial charge in [-0.15, -0.1) is 0 Å². The molecule has 6 rings (SSSR count). The van der Waals surface area contributed by atoms with E-state index < -0.39 is 6.04 Å². The molecule has 6 heteroatoms. The van der Waals surface area contributed by atoms with Crippen LogP contribution < -0.4 is 0 Å². The number of hydrogen-bond acceptors (Lipinski definition) is 3. The number of amides is 4. The smallest absolute Gasteiger partial charge is 0.328 e. The third-order valence-corrected chi connectivity index (χ3v) is 6.60. The minimum atomic E-state index is -0.622. The third-order valence-electron chi connectivity index (χ3n) is 6.60. The highest BCUT2D eigenvalue weighted by Crippen LogP contribution is 2.44. The van der Waals surface area contributed by atoms with Crippen molar-refractivity contribution in [3.63, 3.8) is 0 Å². The molecule has 0 spiro atoms. The molecule has 1 aromatic carbocycles. The summed E-state index contributed by atoms with van der Waals surface area (Å²) in [5.74, 6) is 0.0467. The molecule has 0 N–H and O–H groups in total. The summed E-state index contributed by atoms with van der Waals surface area (Å²) in [5.41, 5.74) is 1.07. The zero-order chi connectivity index (χ0) is 17.8. The number of rotatable bonds is 3. The van der Waals surface area contributed by atoms with E-state index in [1.54, 1.807) is 9.80 Å². The van der Waals surface area contributed by atoms with Crippen LogP contribution in [0.15, 0.2) is 30.3 Å². The topological polar surface area (TPSA) is 60.9 Å². The van der Waals surface area contributed by atoms with Crippen LogP contribution in [0.3, 0.4) is 0 Å². The maximum atomic E-state index is 13.0. The van der Waals surface area contributed by atoms with Gasteiger partial charge in [0, 0.05) is 19.1 Å². The quantitative estimate of drug-likeness (QED) is 0.781. The first kappa shape index (κ1) is 15.9. The van der Waals surface area contributed by atoms with E-state index in [-0.39, 0.29) is 35.8 Å². The molecule has 136 valence electrons. The second-order valence-corrected chi connectivity index (χ2v) is 7.96. The summed E-state index contributed by atoms with van der Waals surface area (Å²) in [6.07, 6.45) is 4.58. The van der Waals surface area contributed by atoms with Crippen LogP contribution in [0.2, 0.25) is 0 Å². The number of carbonyl (C=O) groups excluding carboxylic acids is 3. The van der Waals surface area contributed by atoms with Crippen molar-refractivity contribution in [2.24, 2.45) is 5.92 Å². The molecular formula is C20H23N3O3. The predicted molar refractivity (Wildman–Crippen MR) is 93.9 cm³/mol. The van der Waals surface area contributed by atoms with Crippen LogP contribution >= 0.6 is 0 Å². The van der Waals surface area contributed by atoms with E-state index >= 15 is 0 Å². The fraction of sp³-hybridized carbons (Fsp3) is 0.550. The Morgan fingerprint density at radius 2 is 1.62 bits per heavy atom. The Labute approximate surface area is 152 Å². The molecule has 1 aromatic rings. The van der Waals surface area contributed by atoms with Crippen molar-refractivity contribution in [3.8, 4) is 0 Å². The maximum Gasteiger partial charge on any atom is 0.328 e. The lowest BCUT2D eigenvalue weighted by Gasteiger charge is -2.46. The number of imide groups is 1. The standard InChI is InChI=1S/C20H23N3O3/c24-18-16(10-11-21(18)12-13-4-2-1-3-5-13)23-19(25)17-14-6-8-15(9-7-14)22(17)20(23)26/h1-5,14-17H,6-12H2/t14?,15?,16?,17-/m0/s1. The number of urea groups is 1. The summed E-state index contributed by atoms with van der Waals surface area (Å²) in [6, 6.07) is 8.86. The van der Waals surface area contributed by atoms with Crippen LogP contribution in [0, 0.1) is 5.92 Å². The fourth-order valence-corrected chi connectivity index (χ4v) is 5.32. The Kier molecular flexibility index (Phi) is 3.55. The predicted octanol–water partition coefficient (Wildman–Crippen LogP) is 1.99. The van der Waals surface area contributed by atoms with E-state index in [4.69, 9.17) is 0 Å². The molecule has 5 aliphatic rings. The molecule has 1 aliphatic carbocycles. The van der Waals surface area contributed by atoms with Gasteiger partial charge in [0.15, 0.2) is 0 Å². The highest BCUT2D eigenvalue weighted by Gasteiger charge is 2.58. The lowest BCUT2D eigenvalue weighted by atomic mass is 9.75. The number of hydrogen-bond donors (Lipinski definition) is 0. The fourth-order valence-electron chi connectivity index (χ4n) is 5.32. The molecule has 4 saturated heterocycles. The number of piperidine rings is 2. The lowest BCUT2D eigenvalue weighted by molar-refractivity contribution is -0.140. The number of nitrogens with zero attached hydrogens (tertiary/aromatic N) is 3. The van der Waals surface area contributed by atoms with Gasteiger partial charge in [0.2, 0.25) is 5.91 Å². The summed E-state index contributed by atoms with van der Waals surface area (Å²) >= 11 is 0. The van der Waals surface area contributed by atoms with Crippen molar-refractivity contribution >= 4 is 17.8 Å². The second kappa shape index (κ2) is 5.83. The van der Waals surface area contributed by atoms with E-state index in [1.165, 1.54) is 4.90 Å². The van der Waals surface area contributed by atoms with Crippen LogP contribution in [-0.4, -0.2) is 57.2 Å². The summed E-state index contributed by atoms with van der Waals surface area (Å²) < 4.78 is 0. The van der Waals surface area contributed by atoms with Gasteiger partial charge in [-0.05, 0) is 43.6 Å². The molecule has 0 radical (unpaired) electrons. The lowest BCUT2D eigenvalue weighted by Crippen LogP contribution is -2.54. The maximum absolute atomic E-state index is 13.0. The van der Waals surface area contributed by atoms with Crippen molar-refractivity contribution in [1.29, 1.82) is 0 Å². The second-order valence-electron chi connectivity index (χ2n) is 7.96. The molecular weight excluding hydrogens is 330 g/mol. The number of fused-ring (bicyclic) bond motifs is 2. The van der Waals surface area contributed by atoms with Gasteiger partial charge < -0.3 is 9.80 Å². The average molecular weight is 353 g/mol. The molecule has 2 atom stereocenters. The van der Waals surface area contributed by atoms with E-state index in [0.29, 0.717) is 19.5 Å². The van der Waals surface area contributed by atoms with Crippen molar-refractivity contribution < 1.29 is 14.4 Å². The van der Waals surface area contributed by atoms with E-state index in [1.807, 2.05) is 30.3 Å². The first-order valence-electron chi connectivity index (χ1n) is 9.63. The molecule has 26 heavy (non-hydrogen) atoms. The normalized spacial score (nSPS) is 33.4. The van der Waals surface area contributed by atoms with Crippen molar-refractivity contribution in [2.45, 2.75) is 56.8 Å². The van der Waals surface area contributed by atoms with E-state index in [2.05, 4.69) is 0 Å². The number of likely N-dealkylation sites (tertiary alicyclic amines) is 1. The van der Waals surface area contributed by atoms with Gasteiger partial charge in [0.1, 0.15) is 12.1 Å². The van der Waals surface area contributed by atoms with Crippen molar-refractivity contribution in [2.75, 3.05) is 6.54 Å². The molecule has 4 heterocycles. The molecule has 1 unspecified atom stereocenters. The van der Waals surface area contributed by atoms with Gasteiger partial charge in [-0.1, -0.05) is 30.3 Å². The van der Waals surface area contributed by atoms with Crippen LogP contribution in [0.4, 0.5) is 4.79 Å². The molecule has 4 aliphatic heterocycles. The monoisotopic (exact) mass is 353 g/mol. The molecule has 6 nitrogen and oxygen atoms in total. The Morgan fingerprint density at radius 3 is 2.31 bits per heavy atom. The Bertz CT molecular complexity index is 727. The summed E-state index contributed by atoms with van der Waals surface area (Å²) in [5, 5.41) is 0. The number of carbonyl (C=O) groups is 3. The van der Waals surface area contributed by atoms with Gasteiger partial charge in [-0.2, -0.15) is 0 Å². The van der Waals surface area contributed by atoms with Crippen molar-refractivity contribution in [3.05, 3.63) is 35.9 Å². The first-order chi connectivity index (χ1) is 12.6. The minimum Gasteiger partial charge on any atom is -0.336 e. The third kappa shape index (κ3) is 2.20. The molecule has 0 aromatic heterocycles. The van der Waals surface area contributed by atoms with Gasteiger partial charge in [-0.25, -0.2) is 9.69 Å². The minimum absolute atomic E-state index is 0.0947. The average Bonchev–Trinajstić information content (AvgIpc) is 3.16. The van der Waals surface area contributed by atoms with E-state index in [9.17, 15) is 14.4 Å². The van der Waals surface area contributed by atoms with Crippen LogP contribution in [0.25, 0.3) is 0 Å². The summed E-state index contributed by atoms with van der Waals surface area (Å²) in [4.78, 5) is 43.8. The van der Waals surface area contributed by atoms with Gasteiger partial charge in [0.25, 0.3) is 5.91 Å². The summed E-state index contributed by atoms with van der Waals surface area (Å²) in [6.45, 7) is 1.12. The molecule has 5 fully saturated rings. The van der Waals surface area contributed by atoms with Crippen LogP contribution in [0.1, 0.15) is 37.7 Å². The van der Waals surface area contributed by atoms with Gasteiger partial charge in [-0.3, -0.25) is 9.59 Å². The number of benzene rings is 1. The first-order valence-corrected chi connectivity index (χ1v) is 9.63. The highest BCUT2D eigenvalue weighted by molar-refractivity contribution is 6.08. The SMILES string of the molecule is O=C1C(N2C(=O)[C@@H]3C4CCC(CC4)N3C2=O)CCN1Cc1ccccc1. The Morgan fingerprint density at radius 1 is 0.885 bits per heavy atom. The summed E-state index contributed by atoms with van der Waals surface area (Å²) in [7, 11) is 0. The zero-order valence-electron chi connectivity index (χ0n) is 14.7. The molecule has 4 amide bonds. The van der Waals surface area contributed by atoms with Crippen LogP contribution in [0.5, 0.6) is 0 Å². The Hall–Kier alpha value is -2.37. The van der Waals surface area contributed by atoms with Gasteiger partial charge in [0.05, 0.1) is 0 Å². The molecule has 1 saturated carbocycles. The highest BCUT2D eigenvalue weighted by atomic mass is 16.2. The van der Waals surface area contributed by atoms with E-state index in [0.717, 1.165) is 31.2 Å². The largest absolute Gasteiger partial charge is 0.336 e. The molecule has 2 bridgehead atoms. The van der Waals surface area contributed by atoms with Crippen molar-refractivity contribution in [1.82, 2.24) is 14.7 Å². The van der Waals surface area contributed by atoms with Gasteiger partial charge >= 0.3 is 6.03 Å². The Balaban J connectivity index is 1.36.